The van der Waals surface area contributed by atoms with Crippen LogP contribution in [0.4, 0.5) is 0 Å². The summed E-state index contributed by atoms with van der Waals surface area (Å²) in [5, 5.41) is 10.4. The number of hydrogen-bond acceptors (Lipinski definition) is 4. The Morgan fingerprint density at radius 1 is 1.00 bits per heavy atom. The van der Waals surface area contributed by atoms with Crippen LogP contribution in [-0.4, -0.2) is 44.7 Å². The first-order valence-corrected chi connectivity index (χ1v) is 9.54. The first-order valence-electron chi connectivity index (χ1n) is 7.72. The van der Waals surface area contributed by atoms with Gasteiger partial charge in [-0.1, -0.05) is 41.5 Å². The van der Waals surface area contributed by atoms with Gasteiger partial charge in [-0.25, -0.2) is 0 Å². The van der Waals surface area contributed by atoms with Gasteiger partial charge in [-0.2, -0.15) is 0 Å². The second-order valence-electron chi connectivity index (χ2n) is 8.61. The van der Waals surface area contributed by atoms with Crippen molar-refractivity contribution in [3.8, 4) is 0 Å². The molecule has 0 aromatic heterocycles. The van der Waals surface area contributed by atoms with E-state index >= 15 is 0 Å². The van der Waals surface area contributed by atoms with E-state index in [-0.39, 0.29) is 40.4 Å². The highest BCUT2D eigenvalue weighted by Gasteiger charge is 2.66. The van der Waals surface area contributed by atoms with Crippen molar-refractivity contribution in [3.05, 3.63) is 0 Å². The Bertz CT molecular complexity index is 384. The molecule has 2 aliphatic heterocycles. The van der Waals surface area contributed by atoms with Crippen molar-refractivity contribution in [2.45, 2.75) is 82.5 Å². The number of hydrogen-bond donors (Lipinski definition) is 1. The van der Waals surface area contributed by atoms with E-state index in [0.29, 0.717) is 6.61 Å². The molecule has 0 aromatic carbocycles. The van der Waals surface area contributed by atoms with E-state index in [0.717, 1.165) is 6.42 Å². The Morgan fingerprint density at radius 2 is 1.60 bits per heavy atom. The van der Waals surface area contributed by atoms with Crippen LogP contribution in [0.15, 0.2) is 0 Å². The molecule has 0 radical (unpaired) electrons. The van der Waals surface area contributed by atoms with E-state index in [1.807, 2.05) is 0 Å². The van der Waals surface area contributed by atoms with Crippen LogP contribution in [0.3, 0.4) is 0 Å². The van der Waals surface area contributed by atoms with Gasteiger partial charge in [-0.3, -0.25) is 0 Å². The fourth-order valence-corrected chi connectivity index (χ4v) is 9.05. The first-order chi connectivity index (χ1) is 9.07. The fraction of sp³-hybridized carbons (Fsp3) is 1.00. The highest BCUT2D eigenvalue weighted by atomic mass is 28.4. The smallest absolute Gasteiger partial charge is 0.349 e. The van der Waals surface area contributed by atoms with Crippen LogP contribution in [0, 0.1) is 5.92 Å². The third kappa shape index (κ3) is 2.02. The summed E-state index contributed by atoms with van der Waals surface area (Å²) >= 11 is 0. The summed E-state index contributed by atoms with van der Waals surface area (Å²) in [6.07, 6.45) is 0.504. The van der Waals surface area contributed by atoms with Crippen LogP contribution in [0.25, 0.3) is 0 Å². The third-order valence-electron chi connectivity index (χ3n) is 5.00. The van der Waals surface area contributed by atoms with E-state index in [1.165, 1.54) is 0 Å². The third-order valence-corrected chi connectivity index (χ3v) is 10.1. The van der Waals surface area contributed by atoms with Crippen molar-refractivity contribution in [3.63, 3.8) is 0 Å². The quantitative estimate of drug-likeness (QED) is 0.699. The molecular weight excluding hydrogens is 272 g/mol. The molecule has 2 heterocycles. The predicted molar refractivity (Wildman–Crippen MR) is 78.8 cm³/mol. The second-order valence-corrected chi connectivity index (χ2v) is 13.4. The Morgan fingerprint density at radius 3 is 2.15 bits per heavy atom. The largest absolute Gasteiger partial charge is 0.391 e. The predicted octanol–water partition coefficient (Wildman–Crippen LogP) is 2.59. The first kappa shape index (κ1) is 15.0. The van der Waals surface area contributed by atoms with Crippen molar-refractivity contribution in [1.29, 1.82) is 0 Å². The minimum atomic E-state index is -2.49. The fourth-order valence-electron chi connectivity index (χ4n) is 4.09. The SMILES string of the molecule is CC(C)(C)[Si]1(C(C)(C)C)OC[C@H]2O[C@H]3C[C@H]3[C@@H](O)[C@@H]2O1. The van der Waals surface area contributed by atoms with Crippen LogP contribution in [0.5, 0.6) is 0 Å². The molecule has 0 spiro atoms. The lowest BCUT2D eigenvalue weighted by Gasteiger charge is -2.56. The second kappa shape index (κ2) is 4.29. The summed E-state index contributed by atoms with van der Waals surface area (Å²) in [6, 6.07) is 0. The van der Waals surface area contributed by atoms with E-state index in [2.05, 4.69) is 41.5 Å². The van der Waals surface area contributed by atoms with Gasteiger partial charge in [0.25, 0.3) is 0 Å². The van der Waals surface area contributed by atoms with E-state index in [1.54, 1.807) is 0 Å². The number of aliphatic hydroxyl groups excluding tert-OH is 1. The molecule has 1 aliphatic carbocycles. The Balaban J connectivity index is 1.91. The molecule has 0 bridgehead atoms. The molecule has 3 rings (SSSR count). The summed E-state index contributed by atoms with van der Waals surface area (Å²) < 4.78 is 18.9. The molecule has 0 unspecified atom stereocenters. The highest BCUT2D eigenvalue weighted by molar-refractivity contribution is 6.73. The van der Waals surface area contributed by atoms with E-state index in [4.69, 9.17) is 13.6 Å². The van der Waals surface area contributed by atoms with Gasteiger partial charge in [0, 0.05) is 16.0 Å². The minimum Gasteiger partial charge on any atom is -0.391 e. The summed E-state index contributed by atoms with van der Waals surface area (Å²) in [5.74, 6) is 0.279. The van der Waals surface area contributed by atoms with Crippen LogP contribution in [0.2, 0.25) is 10.1 Å². The number of ether oxygens (including phenoxy) is 1. The van der Waals surface area contributed by atoms with Gasteiger partial charge in [-0.15, -0.1) is 0 Å². The molecule has 0 aromatic rings. The standard InChI is InChI=1S/C15H28O4Si/c1-14(2,3)20(15(4,5)6)17-8-11-13(19-20)12(16)9-7-10(9)18-11/h9-13,16H,7-8H2,1-6H3/t9-,10+,11-,12-,13-/m1/s1. The van der Waals surface area contributed by atoms with Crippen LogP contribution < -0.4 is 0 Å². The van der Waals surface area contributed by atoms with Crippen LogP contribution in [0.1, 0.15) is 48.0 Å². The van der Waals surface area contributed by atoms with Gasteiger partial charge in [-0.05, 0) is 6.42 Å². The molecular formula is C15H28O4Si. The number of rotatable bonds is 0. The van der Waals surface area contributed by atoms with Gasteiger partial charge in [0.05, 0.1) is 18.8 Å². The average molecular weight is 300 g/mol. The lowest BCUT2D eigenvalue weighted by Crippen LogP contribution is -2.68. The molecule has 3 fully saturated rings. The Kier molecular flexibility index (Phi) is 3.21. The molecule has 5 atom stereocenters. The molecule has 1 saturated carbocycles. The zero-order chi connectivity index (χ0) is 14.9. The van der Waals surface area contributed by atoms with Gasteiger partial charge in [0.1, 0.15) is 12.2 Å². The normalized spacial score (nSPS) is 43.6. The maximum atomic E-state index is 10.5. The maximum Gasteiger partial charge on any atom is 0.349 e. The van der Waals surface area contributed by atoms with Crippen LogP contribution >= 0.6 is 0 Å². The van der Waals surface area contributed by atoms with E-state index < -0.39 is 8.56 Å². The number of aliphatic hydroxyl groups is 1. The average Bonchev–Trinajstić information content (AvgIpc) is 3.05. The Hall–Kier alpha value is 0.0569. The van der Waals surface area contributed by atoms with Gasteiger partial charge < -0.3 is 18.7 Å². The van der Waals surface area contributed by atoms with Crippen molar-refractivity contribution >= 4 is 8.56 Å². The summed E-state index contributed by atoms with van der Waals surface area (Å²) in [7, 11) is -2.49. The number of fused-ring (bicyclic) bond motifs is 2. The zero-order valence-electron chi connectivity index (χ0n) is 13.5. The van der Waals surface area contributed by atoms with Crippen molar-refractivity contribution < 1.29 is 18.7 Å². The molecule has 116 valence electrons. The zero-order valence-corrected chi connectivity index (χ0v) is 14.5. The lowest BCUT2D eigenvalue weighted by atomic mass is 10.0. The maximum absolute atomic E-state index is 10.5. The lowest BCUT2D eigenvalue weighted by molar-refractivity contribution is -0.179. The Labute approximate surface area is 123 Å². The molecule has 1 N–H and O–H groups in total. The molecule has 3 aliphatic rings. The monoisotopic (exact) mass is 300 g/mol. The van der Waals surface area contributed by atoms with Crippen molar-refractivity contribution in [2.75, 3.05) is 6.61 Å². The summed E-state index contributed by atoms with van der Waals surface area (Å²) in [4.78, 5) is 0. The van der Waals surface area contributed by atoms with Crippen molar-refractivity contribution in [1.82, 2.24) is 0 Å². The molecule has 20 heavy (non-hydrogen) atoms. The van der Waals surface area contributed by atoms with Gasteiger partial charge in [0.2, 0.25) is 0 Å². The van der Waals surface area contributed by atoms with Crippen molar-refractivity contribution in [2.24, 2.45) is 5.92 Å². The van der Waals surface area contributed by atoms with Gasteiger partial charge >= 0.3 is 8.56 Å². The molecule has 2 saturated heterocycles. The molecule has 0 amide bonds. The molecule has 5 heteroatoms. The molecule has 4 nitrogen and oxygen atoms in total. The topological polar surface area (TPSA) is 47.9 Å². The minimum absolute atomic E-state index is 0.0453. The highest BCUT2D eigenvalue weighted by Crippen LogP contribution is 2.56. The van der Waals surface area contributed by atoms with E-state index in [9.17, 15) is 5.11 Å². The van der Waals surface area contributed by atoms with Crippen LogP contribution in [-0.2, 0) is 13.6 Å². The van der Waals surface area contributed by atoms with Gasteiger partial charge in [0.15, 0.2) is 0 Å². The summed E-state index contributed by atoms with van der Waals surface area (Å²) in [5.41, 5.74) is 0. The summed E-state index contributed by atoms with van der Waals surface area (Å²) in [6.45, 7) is 13.7.